The Kier molecular flexibility index (Phi) is 6.46. The van der Waals surface area contributed by atoms with Crippen LogP contribution < -0.4 is 10.1 Å². The molecule has 0 aliphatic carbocycles. The third-order valence-electron chi connectivity index (χ3n) is 3.22. The number of benzene rings is 2. The Bertz CT molecular complexity index is 611. The SMILES string of the molecule is CCCCc1ccc(NC(=O)COc2cccc(Br)c2)cc1. The molecule has 0 aliphatic heterocycles. The zero-order chi connectivity index (χ0) is 15.8. The number of ether oxygens (including phenoxy) is 1. The van der Waals surface area contributed by atoms with Crippen LogP contribution in [0.15, 0.2) is 53.0 Å². The topological polar surface area (TPSA) is 38.3 Å². The third kappa shape index (κ3) is 5.53. The first-order valence-electron chi connectivity index (χ1n) is 7.44. The summed E-state index contributed by atoms with van der Waals surface area (Å²) in [6, 6.07) is 15.4. The van der Waals surface area contributed by atoms with E-state index in [9.17, 15) is 4.79 Å². The number of aryl methyl sites for hydroxylation is 1. The molecule has 0 aromatic heterocycles. The molecular formula is C18H20BrNO2. The summed E-state index contributed by atoms with van der Waals surface area (Å²) >= 11 is 3.37. The van der Waals surface area contributed by atoms with Gasteiger partial charge in [0, 0.05) is 10.2 Å². The average molecular weight is 362 g/mol. The fraction of sp³-hybridized carbons (Fsp3) is 0.278. The number of hydrogen-bond donors (Lipinski definition) is 1. The molecule has 0 atom stereocenters. The zero-order valence-corrected chi connectivity index (χ0v) is 14.2. The Hall–Kier alpha value is -1.81. The third-order valence-corrected chi connectivity index (χ3v) is 3.72. The molecule has 0 unspecified atom stereocenters. The van der Waals surface area contributed by atoms with Crippen LogP contribution in [0.2, 0.25) is 0 Å². The molecule has 0 saturated carbocycles. The second kappa shape index (κ2) is 8.59. The second-order valence-electron chi connectivity index (χ2n) is 5.09. The lowest BCUT2D eigenvalue weighted by molar-refractivity contribution is -0.118. The van der Waals surface area contributed by atoms with Gasteiger partial charge in [-0.1, -0.05) is 47.5 Å². The lowest BCUT2D eigenvalue weighted by Gasteiger charge is -2.08. The van der Waals surface area contributed by atoms with Gasteiger partial charge in [-0.3, -0.25) is 4.79 Å². The normalized spacial score (nSPS) is 10.3. The molecule has 0 radical (unpaired) electrons. The molecular weight excluding hydrogens is 342 g/mol. The molecule has 0 saturated heterocycles. The Balaban J connectivity index is 1.81. The number of carbonyl (C=O) groups is 1. The van der Waals surface area contributed by atoms with E-state index < -0.39 is 0 Å². The maximum Gasteiger partial charge on any atom is 0.262 e. The number of carbonyl (C=O) groups excluding carboxylic acids is 1. The van der Waals surface area contributed by atoms with Crippen LogP contribution in [0.25, 0.3) is 0 Å². The average Bonchev–Trinajstić information content (AvgIpc) is 2.52. The van der Waals surface area contributed by atoms with E-state index in [-0.39, 0.29) is 12.5 Å². The molecule has 3 nitrogen and oxygen atoms in total. The number of unbranched alkanes of at least 4 members (excludes halogenated alkanes) is 1. The molecule has 0 aliphatic rings. The number of rotatable bonds is 7. The Labute approximate surface area is 139 Å². The number of amides is 1. The molecule has 1 N–H and O–H groups in total. The summed E-state index contributed by atoms with van der Waals surface area (Å²) in [5, 5.41) is 2.83. The summed E-state index contributed by atoms with van der Waals surface area (Å²) in [5.74, 6) is 0.501. The van der Waals surface area contributed by atoms with Crippen molar-refractivity contribution >= 4 is 27.5 Å². The van der Waals surface area contributed by atoms with Crippen LogP contribution in [0.4, 0.5) is 5.69 Å². The number of anilines is 1. The zero-order valence-electron chi connectivity index (χ0n) is 12.6. The van der Waals surface area contributed by atoms with Gasteiger partial charge in [0.2, 0.25) is 0 Å². The van der Waals surface area contributed by atoms with Gasteiger partial charge in [-0.15, -0.1) is 0 Å². The highest BCUT2D eigenvalue weighted by molar-refractivity contribution is 9.10. The van der Waals surface area contributed by atoms with Crippen LogP contribution in [-0.4, -0.2) is 12.5 Å². The van der Waals surface area contributed by atoms with Crippen LogP contribution >= 0.6 is 15.9 Å². The predicted octanol–water partition coefficient (Wildman–Crippen LogP) is 4.81. The van der Waals surface area contributed by atoms with Crippen LogP contribution in [0.5, 0.6) is 5.75 Å². The smallest absolute Gasteiger partial charge is 0.262 e. The van der Waals surface area contributed by atoms with E-state index in [4.69, 9.17) is 4.74 Å². The van der Waals surface area contributed by atoms with Crippen molar-refractivity contribution < 1.29 is 9.53 Å². The van der Waals surface area contributed by atoms with E-state index in [2.05, 4.69) is 40.3 Å². The van der Waals surface area contributed by atoms with Crippen molar-refractivity contribution in [3.8, 4) is 5.75 Å². The number of nitrogens with one attached hydrogen (secondary N) is 1. The van der Waals surface area contributed by atoms with E-state index in [1.165, 1.54) is 18.4 Å². The Morgan fingerprint density at radius 3 is 2.64 bits per heavy atom. The lowest BCUT2D eigenvalue weighted by Crippen LogP contribution is -2.20. The highest BCUT2D eigenvalue weighted by Gasteiger charge is 2.04. The summed E-state index contributed by atoms with van der Waals surface area (Å²) in [5.41, 5.74) is 2.09. The van der Waals surface area contributed by atoms with Gasteiger partial charge in [0.1, 0.15) is 5.75 Å². The van der Waals surface area contributed by atoms with Crippen LogP contribution in [0.3, 0.4) is 0 Å². The first-order valence-corrected chi connectivity index (χ1v) is 8.24. The summed E-state index contributed by atoms with van der Waals surface area (Å²) in [4.78, 5) is 11.9. The van der Waals surface area contributed by atoms with Crippen molar-refractivity contribution in [2.75, 3.05) is 11.9 Å². The lowest BCUT2D eigenvalue weighted by atomic mass is 10.1. The minimum atomic E-state index is -0.165. The van der Waals surface area contributed by atoms with Crippen molar-refractivity contribution in [1.29, 1.82) is 0 Å². The maximum absolute atomic E-state index is 11.9. The summed E-state index contributed by atoms with van der Waals surface area (Å²) in [6.07, 6.45) is 3.45. The predicted molar refractivity (Wildman–Crippen MR) is 93.3 cm³/mol. The molecule has 0 spiro atoms. The minimum Gasteiger partial charge on any atom is -0.484 e. The van der Waals surface area contributed by atoms with Gasteiger partial charge in [0.25, 0.3) is 5.91 Å². The standard InChI is InChI=1S/C18H20BrNO2/c1-2-3-5-14-8-10-16(11-9-14)20-18(21)13-22-17-7-4-6-15(19)12-17/h4,6-12H,2-3,5,13H2,1H3,(H,20,21). The largest absolute Gasteiger partial charge is 0.484 e. The highest BCUT2D eigenvalue weighted by atomic mass is 79.9. The molecule has 2 rings (SSSR count). The highest BCUT2D eigenvalue weighted by Crippen LogP contribution is 2.18. The van der Waals surface area contributed by atoms with Gasteiger partial charge < -0.3 is 10.1 Å². The molecule has 0 fully saturated rings. The van der Waals surface area contributed by atoms with Crippen LogP contribution in [0.1, 0.15) is 25.3 Å². The molecule has 22 heavy (non-hydrogen) atoms. The maximum atomic E-state index is 11.9. The fourth-order valence-electron chi connectivity index (χ4n) is 2.04. The molecule has 1 amide bonds. The van der Waals surface area contributed by atoms with Crippen molar-refractivity contribution in [1.82, 2.24) is 0 Å². The molecule has 4 heteroatoms. The molecule has 0 heterocycles. The van der Waals surface area contributed by atoms with Gasteiger partial charge in [0.05, 0.1) is 0 Å². The van der Waals surface area contributed by atoms with E-state index in [0.717, 1.165) is 16.6 Å². The van der Waals surface area contributed by atoms with Gasteiger partial charge in [-0.25, -0.2) is 0 Å². The van der Waals surface area contributed by atoms with Crippen molar-refractivity contribution in [2.45, 2.75) is 26.2 Å². The quantitative estimate of drug-likeness (QED) is 0.768. The first kappa shape index (κ1) is 16.6. The van der Waals surface area contributed by atoms with Gasteiger partial charge in [0.15, 0.2) is 6.61 Å². The van der Waals surface area contributed by atoms with Gasteiger partial charge in [-0.05, 0) is 48.7 Å². The minimum absolute atomic E-state index is 0.00591. The van der Waals surface area contributed by atoms with E-state index in [1.807, 2.05) is 36.4 Å². The molecule has 2 aromatic rings. The van der Waals surface area contributed by atoms with E-state index in [0.29, 0.717) is 5.75 Å². The van der Waals surface area contributed by atoms with Crippen molar-refractivity contribution in [2.24, 2.45) is 0 Å². The van der Waals surface area contributed by atoms with Gasteiger partial charge >= 0.3 is 0 Å². The van der Waals surface area contributed by atoms with Crippen LogP contribution in [0, 0.1) is 0 Å². The first-order chi connectivity index (χ1) is 10.7. The molecule has 0 bridgehead atoms. The Morgan fingerprint density at radius 1 is 1.18 bits per heavy atom. The number of halogens is 1. The van der Waals surface area contributed by atoms with Crippen molar-refractivity contribution in [3.05, 3.63) is 58.6 Å². The summed E-state index contributed by atoms with van der Waals surface area (Å²) < 4.78 is 6.38. The van der Waals surface area contributed by atoms with Gasteiger partial charge in [-0.2, -0.15) is 0 Å². The monoisotopic (exact) mass is 361 g/mol. The Morgan fingerprint density at radius 2 is 1.95 bits per heavy atom. The summed E-state index contributed by atoms with van der Waals surface area (Å²) in [7, 11) is 0. The van der Waals surface area contributed by atoms with Crippen molar-refractivity contribution in [3.63, 3.8) is 0 Å². The van der Waals surface area contributed by atoms with E-state index >= 15 is 0 Å². The van der Waals surface area contributed by atoms with E-state index in [1.54, 1.807) is 0 Å². The van der Waals surface area contributed by atoms with Crippen LogP contribution in [-0.2, 0) is 11.2 Å². The molecule has 2 aromatic carbocycles. The summed E-state index contributed by atoms with van der Waals surface area (Å²) in [6.45, 7) is 2.17. The fourth-order valence-corrected chi connectivity index (χ4v) is 2.42. The second-order valence-corrected chi connectivity index (χ2v) is 6.01. The number of hydrogen-bond acceptors (Lipinski definition) is 2. The molecule has 116 valence electrons.